The first-order valence-electron chi connectivity index (χ1n) is 20.6. The van der Waals surface area contributed by atoms with Crippen LogP contribution in [0.15, 0.2) is 168 Å². The average Bonchev–Trinajstić information content (AvgIpc) is 3.31. The number of carbonyl (C=O) groups is 2. The summed E-state index contributed by atoms with van der Waals surface area (Å²) in [5.74, 6) is -1.14. The first kappa shape index (κ1) is 43.8. The standard InChI is InChI=1S/C52H40N4O9S2/c1-29-3-23-39(24-4-29)66(61)55-41-27-43(64-37-19-11-33(12-20-37)31-7-15-35(57)16-8-31)49(53)47-45(41)51(59)46-42(56-67(62,63)40-25-5-30(2)6-26-40)28-44(50(54)48(46)52(47)60)65-38-21-13-34(14-22-38)32-9-17-36(58)18-10-32/h3-28,55-58H,53-54H2,1-2H3. The molecule has 0 saturated carbocycles. The molecule has 1 aliphatic carbocycles. The number of hydrogen-bond donors (Lipinski definition) is 6. The summed E-state index contributed by atoms with van der Waals surface area (Å²) in [7, 11) is -6.41. The lowest BCUT2D eigenvalue weighted by Gasteiger charge is -2.27. The topological polar surface area (TPSA) is 220 Å². The number of nitrogens with two attached hydrogens (primary N) is 2. The third-order valence-electron chi connectivity index (χ3n) is 11.1. The summed E-state index contributed by atoms with van der Waals surface area (Å²) < 4.78 is 60.1. The van der Waals surface area contributed by atoms with E-state index in [4.69, 9.17) is 20.9 Å². The Morgan fingerprint density at radius 3 is 1.33 bits per heavy atom. The van der Waals surface area contributed by atoms with Crippen molar-refractivity contribution < 1.29 is 41.9 Å². The van der Waals surface area contributed by atoms with Gasteiger partial charge in [0.25, 0.3) is 10.0 Å². The Balaban J connectivity index is 1.17. The number of nitrogen functional groups attached to an aromatic ring is 2. The van der Waals surface area contributed by atoms with E-state index in [0.717, 1.165) is 33.4 Å². The molecule has 0 radical (unpaired) electrons. The quantitative estimate of drug-likeness (QED) is 0.0633. The third kappa shape index (κ3) is 8.76. The Morgan fingerprint density at radius 2 is 0.881 bits per heavy atom. The highest BCUT2D eigenvalue weighted by Gasteiger charge is 2.41. The maximum atomic E-state index is 15.2. The molecule has 1 atom stereocenters. The number of fused-ring (bicyclic) bond motifs is 2. The second-order valence-corrected chi connectivity index (χ2v) is 18.7. The van der Waals surface area contributed by atoms with Crippen molar-refractivity contribution in [3.8, 4) is 56.8 Å². The molecular weight excluding hydrogens is 889 g/mol. The van der Waals surface area contributed by atoms with Gasteiger partial charge in [-0.2, -0.15) is 0 Å². The minimum absolute atomic E-state index is 0.0656. The molecule has 13 nitrogen and oxygen atoms in total. The van der Waals surface area contributed by atoms with Crippen LogP contribution in [0.1, 0.15) is 43.0 Å². The smallest absolute Gasteiger partial charge is 0.261 e. The van der Waals surface area contributed by atoms with Crippen molar-refractivity contribution in [2.45, 2.75) is 23.6 Å². The van der Waals surface area contributed by atoms with Gasteiger partial charge in [0, 0.05) is 12.1 Å². The summed E-state index contributed by atoms with van der Waals surface area (Å²) in [6, 6.07) is 42.5. The molecule has 9 rings (SSSR count). The van der Waals surface area contributed by atoms with Crippen LogP contribution in [0.3, 0.4) is 0 Å². The van der Waals surface area contributed by atoms with Crippen molar-refractivity contribution >= 4 is 55.3 Å². The van der Waals surface area contributed by atoms with E-state index in [-0.39, 0.29) is 78.6 Å². The molecule has 334 valence electrons. The molecule has 67 heavy (non-hydrogen) atoms. The lowest BCUT2D eigenvalue weighted by molar-refractivity contribution is 0.0981. The van der Waals surface area contributed by atoms with Gasteiger partial charge in [-0.25, -0.2) is 12.6 Å². The van der Waals surface area contributed by atoms with Crippen LogP contribution < -0.4 is 30.4 Å². The fourth-order valence-corrected chi connectivity index (χ4v) is 9.53. The van der Waals surface area contributed by atoms with Gasteiger partial charge in [-0.15, -0.1) is 0 Å². The van der Waals surface area contributed by atoms with E-state index in [9.17, 15) is 22.8 Å². The average molecular weight is 929 g/mol. The highest BCUT2D eigenvalue weighted by Crippen LogP contribution is 2.48. The van der Waals surface area contributed by atoms with Gasteiger partial charge in [0.1, 0.15) is 34.0 Å². The van der Waals surface area contributed by atoms with E-state index in [1.54, 1.807) is 140 Å². The zero-order chi connectivity index (χ0) is 47.1. The predicted octanol–water partition coefficient (Wildman–Crippen LogP) is 10.5. The lowest BCUT2D eigenvalue weighted by Crippen LogP contribution is -2.28. The fourth-order valence-electron chi connectivity index (χ4n) is 7.60. The molecule has 0 saturated heterocycles. The molecule has 1 aliphatic rings. The van der Waals surface area contributed by atoms with E-state index in [2.05, 4.69) is 9.44 Å². The van der Waals surface area contributed by atoms with Gasteiger partial charge >= 0.3 is 0 Å². The normalized spacial score (nSPS) is 12.4. The van der Waals surface area contributed by atoms with E-state index < -0.39 is 32.6 Å². The van der Waals surface area contributed by atoms with Gasteiger partial charge in [0.15, 0.2) is 23.1 Å². The van der Waals surface area contributed by atoms with Crippen LogP contribution >= 0.6 is 0 Å². The number of sulfonamides is 1. The molecular formula is C52H40N4O9S2. The molecule has 0 fully saturated rings. The molecule has 15 heteroatoms. The largest absolute Gasteiger partial charge is 0.508 e. The number of phenolic OH excluding ortho intramolecular Hbond substituents is 2. The van der Waals surface area contributed by atoms with Crippen molar-refractivity contribution in [2.24, 2.45) is 0 Å². The summed E-state index contributed by atoms with van der Waals surface area (Å²) in [4.78, 5) is 30.6. The number of aryl methyl sites for hydroxylation is 2. The lowest BCUT2D eigenvalue weighted by atomic mass is 9.80. The second kappa shape index (κ2) is 17.5. The van der Waals surface area contributed by atoms with Crippen molar-refractivity contribution in [2.75, 3.05) is 20.9 Å². The van der Waals surface area contributed by atoms with Crippen LogP contribution in [0.2, 0.25) is 0 Å². The predicted molar refractivity (Wildman–Crippen MR) is 259 cm³/mol. The zero-order valence-corrected chi connectivity index (χ0v) is 37.4. The van der Waals surface area contributed by atoms with Crippen molar-refractivity contribution in [1.29, 1.82) is 0 Å². The number of aromatic hydroxyl groups is 2. The molecule has 0 spiro atoms. The number of benzene rings is 8. The minimum Gasteiger partial charge on any atom is -0.508 e. The van der Waals surface area contributed by atoms with E-state index in [1.807, 2.05) is 6.92 Å². The van der Waals surface area contributed by atoms with Crippen molar-refractivity contribution in [1.82, 2.24) is 0 Å². The number of nitrogens with one attached hydrogen (secondary N) is 2. The van der Waals surface area contributed by atoms with Crippen LogP contribution in [-0.2, 0) is 21.0 Å². The molecule has 8 N–H and O–H groups in total. The van der Waals surface area contributed by atoms with Gasteiger partial charge < -0.3 is 35.9 Å². The molecule has 8 aromatic rings. The summed E-state index contributed by atoms with van der Waals surface area (Å²) >= 11 is 0. The number of carbonyl (C=O) groups excluding carboxylic acids is 2. The molecule has 8 aromatic carbocycles. The molecule has 0 aromatic heterocycles. The molecule has 0 aliphatic heterocycles. The molecule has 0 heterocycles. The Labute approximate surface area is 387 Å². The number of ether oxygens (including phenoxy) is 2. The van der Waals surface area contributed by atoms with Gasteiger partial charge in [0.2, 0.25) is 0 Å². The number of hydrogen-bond acceptors (Lipinski definition) is 11. The Bertz CT molecular complexity index is 3380. The summed E-state index contributed by atoms with van der Waals surface area (Å²) in [6.45, 7) is 3.68. The highest BCUT2D eigenvalue weighted by atomic mass is 32.2. The van der Waals surface area contributed by atoms with Crippen LogP contribution in [-0.4, -0.2) is 34.4 Å². The zero-order valence-electron chi connectivity index (χ0n) is 35.7. The van der Waals surface area contributed by atoms with Crippen LogP contribution in [0, 0.1) is 13.8 Å². The summed E-state index contributed by atoms with van der Waals surface area (Å²) in [6.07, 6.45) is 0. The van der Waals surface area contributed by atoms with Gasteiger partial charge in [-0.05, 0) is 109 Å². The van der Waals surface area contributed by atoms with E-state index >= 15 is 9.59 Å². The van der Waals surface area contributed by atoms with Crippen LogP contribution in [0.25, 0.3) is 22.3 Å². The molecule has 0 bridgehead atoms. The number of phenols is 2. The monoisotopic (exact) mass is 928 g/mol. The fraction of sp³-hybridized carbons (Fsp3) is 0.0385. The van der Waals surface area contributed by atoms with E-state index in [0.29, 0.717) is 10.6 Å². The maximum Gasteiger partial charge on any atom is 0.261 e. The summed E-state index contributed by atoms with van der Waals surface area (Å²) in [5, 5.41) is 19.5. The van der Waals surface area contributed by atoms with Crippen LogP contribution in [0.5, 0.6) is 34.5 Å². The first-order chi connectivity index (χ1) is 32.1. The van der Waals surface area contributed by atoms with Gasteiger partial charge in [0.05, 0.1) is 54.8 Å². The minimum atomic E-state index is -4.41. The Kier molecular flexibility index (Phi) is 11.5. The van der Waals surface area contributed by atoms with Gasteiger partial charge in [-0.3, -0.25) is 14.3 Å². The number of anilines is 4. The van der Waals surface area contributed by atoms with Crippen molar-refractivity contribution in [3.63, 3.8) is 0 Å². The number of ketones is 2. The molecule has 0 amide bonds. The Morgan fingerprint density at radius 1 is 0.507 bits per heavy atom. The SMILES string of the molecule is Cc1ccc(S(=O)Nc2cc(Oc3ccc(-c4ccc(O)cc4)cc3)c(N)c3c2C(=O)c2c(NS(=O)(=O)c4ccc(C)cc4)cc(Oc4ccc(-c5ccc(O)cc5)cc4)c(N)c2C3=O)cc1. The van der Waals surface area contributed by atoms with Gasteiger partial charge in [-0.1, -0.05) is 83.9 Å². The van der Waals surface area contributed by atoms with E-state index in [1.165, 1.54) is 24.3 Å². The second-order valence-electron chi connectivity index (χ2n) is 15.8. The third-order valence-corrected chi connectivity index (χ3v) is 13.6. The number of rotatable bonds is 12. The van der Waals surface area contributed by atoms with Crippen LogP contribution in [0.4, 0.5) is 22.7 Å². The maximum absolute atomic E-state index is 15.2. The Hall–Kier alpha value is -8.40. The first-order valence-corrected chi connectivity index (χ1v) is 23.3. The molecule has 1 unspecified atom stereocenters. The summed E-state index contributed by atoms with van der Waals surface area (Å²) in [5.41, 5.74) is 16.3. The van der Waals surface area contributed by atoms with Crippen molar-refractivity contribution in [3.05, 3.63) is 191 Å². The highest BCUT2D eigenvalue weighted by molar-refractivity contribution is 7.92.